The lowest BCUT2D eigenvalue weighted by Gasteiger charge is -2.29. The van der Waals surface area contributed by atoms with Crippen molar-refractivity contribution in [1.82, 2.24) is 9.47 Å². The molecule has 1 saturated heterocycles. The lowest BCUT2D eigenvalue weighted by atomic mass is 9.94. The van der Waals surface area contributed by atoms with E-state index >= 15 is 0 Å². The van der Waals surface area contributed by atoms with E-state index in [9.17, 15) is 23.3 Å². The van der Waals surface area contributed by atoms with Gasteiger partial charge in [-0.2, -0.15) is 5.26 Å². The number of nitrogens with zero attached hydrogens (tertiary/aromatic N) is 4. The number of sulfonamides is 1. The fraction of sp³-hybridized carbons (Fsp3) is 0.194. The standard InChI is InChI=1S/C31H24Cl2N4O5S/c32-23-8-4-21(5-9-23)28-29(22-6-10-24(33)11-7-22)37(43(40,41)25-3-1-2-20(18-25)19-34)27-13-12-26(31(39)36(27)28)30(38)35-14-16-42-17-15-35/h1-13,18,28-29H,14-17H2/t28-,29+/m1/s1. The molecule has 4 aromatic rings. The van der Waals surface area contributed by atoms with Crippen LogP contribution < -0.4 is 9.86 Å². The highest BCUT2D eigenvalue weighted by molar-refractivity contribution is 7.92. The zero-order chi connectivity index (χ0) is 30.3. The van der Waals surface area contributed by atoms with Gasteiger partial charge in [-0.25, -0.2) is 12.7 Å². The Balaban J connectivity index is 1.62. The van der Waals surface area contributed by atoms with Crippen LogP contribution in [0.3, 0.4) is 0 Å². The average Bonchev–Trinajstić information content (AvgIpc) is 3.39. The van der Waals surface area contributed by atoms with Crippen LogP contribution in [0.25, 0.3) is 0 Å². The number of hydrogen-bond acceptors (Lipinski definition) is 6. The SMILES string of the molecule is N#Cc1cccc(S(=O)(=O)N2c3ccc(C(=O)N4CCOCC4)c(=O)n3[C@H](c3ccc(Cl)cc3)[C@@H]2c2ccc(Cl)cc2)c1. The molecule has 9 nitrogen and oxygen atoms in total. The summed E-state index contributed by atoms with van der Waals surface area (Å²) >= 11 is 12.4. The van der Waals surface area contributed by atoms with Crippen LogP contribution in [0.5, 0.6) is 0 Å². The molecule has 12 heteroatoms. The van der Waals surface area contributed by atoms with Gasteiger partial charge in [0, 0.05) is 23.1 Å². The lowest BCUT2D eigenvalue weighted by Crippen LogP contribution is -2.43. The minimum atomic E-state index is -4.36. The molecule has 2 aliphatic heterocycles. The van der Waals surface area contributed by atoms with Crippen molar-refractivity contribution < 1.29 is 17.9 Å². The average molecular weight is 636 g/mol. The van der Waals surface area contributed by atoms with Crippen LogP contribution in [0.1, 0.15) is 39.1 Å². The number of fused-ring (bicyclic) bond motifs is 1. The molecule has 3 aromatic carbocycles. The number of benzene rings is 3. The van der Waals surface area contributed by atoms with Gasteiger partial charge < -0.3 is 9.64 Å². The van der Waals surface area contributed by atoms with E-state index in [2.05, 4.69) is 0 Å². The third-order valence-electron chi connectivity index (χ3n) is 7.62. The van der Waals surface area contributed by atoms with Crippen LogP contribution in [0, 0.1) is 11.3 Å². The second-order valence-electron chi connectivity index (χ2n) is 10.1. The number of carbonyl (C=O) groups is 1. The normalized spacial score (nSPS) is 18.3. The van der Waals surface area contributed by atoms with Gasteiger partial charge in [0.05, 0.1) is 41.8 Å². The number of pyridine rings is 1. The molecule has 43 heavy (non-hydrogen) atoms. The number of ether oxygens (including phenoxy) is 1. The first kappa shape index (κ1) is 29.0. The second kappa shape index (κ2) is 11.5. The molecule has 3 heterocycles. The molecule has 0 unspecified atom stereocenters. The Morgan fingerprint density at radius 1 is 0.860 bits per heavy atom. The van der Waals surface area contributed by atoms with Crippen LogP contribution in [0.2, 0.25) is 10.0 Å². The minimum absolute atomic E-state index is 0.0748. The van der Waals surface area contributed by atoms with Gasteiger partial charge >= 0.3 is 0 Å². The van der Waals surface area contributed by atoms with Gasteiger partial charge in [-0.1, -0.05) is 53.5 Å². The molecule has 0 aliphatic carbocycles. The summed E-state index contributed by atoms with van der Waals surface area (Å²) in [6.07, 6.45) is 0. The molecule has 0 radical (unpaired) electrons. The summed E-state index contributed by atoms with van der Waals surface area (Å²) in [6.45, 7) is 1.39. The van der Waals surface area contributed by atoms with Crippen LogP contribution in [0.15, 0.2) is 94.6 Å². The smallest absolute Gasteiger partial charge is 0.266 e. The van der Waals surface area contributed by atoms with Crippen LogP contribution in [0.4, 0.5) is 5.82 Å². The first-order valence-electron chi connectivity index (χ1n) is 13.4. The van der Waals surface area contributed by atoms with Crippen molar-refractivity contribution in [3.05, 3.63) is 128 Å². The van der Waals surface area contributed by atoms with E-state index in [-0.39, 0.29) is 21.8 Å². The highest BCUT2D eigenvalue weighted by Gasteiger charge is 2.48. The molecule has 1 aromatic heterocycles. The van der Waals surface area contributed by atoms with Crippen molar-refractivity contribution in [2.45, 2.75) is 17.0 Å². The molecule has 0 saturated carbocycles. The maximum Gasteiger partial charge on any atom is 0.266 e. The van der Waals surface area contributed by atoms with Crippen molar-refractivity contribution in [2.75, 3.05) is 30.6 Å². The second-order valence-corrected chi connectivity index (χ2v) is 12.8. The largest absolute Gasteiger partial charge is 0.378 e. The van der Waals surface area contributed by atoms with Crippen LogP contribution in [-0.4, -0.2) is 50.1 Å². The Bertz CT molecular complexity index is 1920. The lowest BCUT2D eigenvalue weighted by molar-refractivity contribution is 0.0301. The monoisotopic (exact) mass is 634 g/mol. The van der Waals surface area contributed by atoms with E-state index in [1.165, 1.54) is 45.3 Å². The molecule has 1 amide bonds. The van der Waals surface area contributed by atoms with Crippen LogP contribution >= 0.6 is 23.2 Å². The number of anilines is 1. The number of aromatic nitrogens is 1. The maximum atomic E-state index is 14.5. The highest BCUT2D eigenvalue weighted by atomic mass is 35.5. The minimum Gasteiger partial charge on any atom is -0.378 e. The van der Waals surface area contributed by atoms with Gasteiger partial charge in [0.25, 0.3) is 21.5 Å². The quantitative estimate of drug-likeness (QED) is 0.304. The van der Waals surface area contributed by atoms with E-state index < -0.39 is 33.6 Å². The number of carbonyl (C=O) groups excluding carboxylic acids is 1. The molecule has 218 valence electrons. The Morgan fingerprint density at radius 3 is 2.07 bits per heavy atom. The van der Waals surface area contributed by atoms with Gasteiger partial charge in [0.2, 0.25) is 0 Å². The number of halogens is 2. The van der Waals surface area contributed by atoms with Crippen molar-refractivity contribution in [3.63, 3.8) is 0 Å². The third kappa shape index (κ3) is 5.19. The number of nitriles is 1. The summed E-state index contributed by atoms with van der Waals surface area (Å²) in [5.74, 6) is -0.379. The summed E-state index contributed by atoms with van der Waals surface area (Å²) in [7, 11) is -4.36. The van der Waals surface area contributed by atoms with E-state index in [4.69, 9.17) is 27.9 Å². The molecular formula is C31H24Cl2N4O5S. The summed E-state index contributed by atoms with van der Waals surface area (Å²) < 4.78 is 36.9. The Morgan fingerprint density at radius 2 is 1.47 bits per heavy atom. The molecule has 6 rings (SSSR count). The van der Waals surface area contributed by atoms with Crippen molar-refractivity contribution in [2.24, 2.45) is 0 Å². The highest BCUT2D eigenvalue weighted by Crippen LogP contribution is 2.49. The number of hydrogen-bond donors (Lipinski definition) is 0. The first-order chi connectivity index (χ1) is 20.7. The summed E-state index contributed by atoms with van der Waals surface area (Å²) in [5.41, 5.74) is 0.628. The number of morpholine rings is 1. The third-order valence-corrected chi connectivity index (χ3v) is 9.91. The predicted molar refractivity (Wildman–Crippen MR) is 162 cm³/mol. The van der Waals surface area contributed by atoms with E-state index in [1.807, 2.05) is 6.07 Å². The molecular weight excluding hydrogens is 611 g/mol. The van der Waals surface area contributed by atoms with Gasteiger partial charge in [0.1, 0.15) is 11.4 Å². The van der Waals surface area contributed by atoms with Gasteiger partial charge in [0.15, 0.2) is 0 Å². The summed E-state index contributed by atoms with van der Waals surface area (Å²) in [4.78, 5) is 29.3. The Kier molecular flexibility index (Phi) is 7.75. The van der Waals surface area contributed by atoms with E-state index in [0.29, 0.717) is 47.5 Å². The molecule has 0 spiro atoms. The molecule has 0 bridgehead atoms. The molecule has 2 aliphatic rings. The predicted octanol–water partition coefficient (Wildman–Crippen LogP) is 5.04. The van der Waals surface area contributed by atoms with Gasteiger partial charge in [-0.05, 0) is 65.7 Å². The molecule has 2 atom stereocenters. The fourth-order valence-electron chi connectivity index (χ4n) is 5.58. The maximum absolute atomic E-state index is 14.5. The Hall–Kier alpha value is -4.14. The molecule has 0 N–H and O–H groups in total. The van der Waals surface area contributed by atoms with Crippen molar-refractivity contribution >= 4 is 45.0 Å². The Labute approximate surface area is 258 Å². The van der Waals surface area contributed by atoms with Crippen LogP contribution in [-0.2, 0) is 14.8 Å². The summed E-state index contributed by atoms with van der Waals surface area (Å²) in [6, 6.07) is 22.2. The van der Waals surface area contributed by atoms with E-state index in [0.717, 1.165) is 0 Å². The zero-order valence-corrected chi connectivity index (χ0v) is 24.9. The van der Waals surface area contributed by atoms with E-state index in [1.54, 1.807) is 53.4 Å². The zero-order valence-electron chi connectivity index (χ0n) is 22.6. The van der Waals surface area contributed by atoms with Gasteiger partial charge in [-0.3, -0.25) is 14.2 Å². The first-order valence-corrected chi connectivity index (χ1v) is 15.6. The van der Waals surface area contributed by atoms with Crippen molar-refractivity contribution in [1.29, 1.82) is 5.26 Å². The van der Waals surface area contributed by atoms with Gasteiger partial charge in [-0.15, -0.1) is 0 Å². The molecule has 1 fully saturated rings. The number of amides is 1. The fourth-order valence-corrected chi connectivity index (χ4v) is 7.52. The van der Waals surface area contributed by atoms with Crippen molar-refractivity contribution in [3.8, 4) is 6.07 Å². The topological polar surface area (TPSA) is 113 Å². The number of rotatable bonds is 5. The summed E-state index contributed by atoms with van der Waals surface area (Å²) in [5, 5.41) is 10.4.